The van der Waals surface area contributed by atoms with Gasteiger partial charge in [0.1, 0.15) is 22.8 Å². The molecule has 37 heavy (non-hydrogen) atoms. The number of aliphatic hydroxyl groups is 1. The lowest BCUT2D eigenvalue weighted by molar-refractivity contribution is -0.0146. The van der Waals surface area contributed by atoms with E-state index in [0.29, 0.717) is 29.2 Å². The summed E-state index contributed by atoms with van der Waals surface area (Å²) in [4.78, 5) is 14.8. The molecule has 1 aliphatic rings. The molecule has 0 aromatic heterocycles. The fraction of sp³-hybridized carbons (Fsp3) is 0.276. The molecule has 0 saturated carbocycles. The van der Waals surface area contributed by atoms with E-state index in [1.807, 2.05) is 66.7 Å². The number of amides is 1. The molecule has 0 bridgehead atoms. The van der Waals surface area contributed by atoms with Crippen molar-refractivity contribution in [3.05, 3.63) is 94.0 Å². The van der Waals surface area contributed by atoms with Crippen LogP contribution in [-0.2, 0) is 16.8 Å². The first-order valence-electron chi connectivity index (χ1n) is 11.7. The Balaban J connectivity index is 1.92. The Morgan fingerprint density at radius 3 is 2.27 bits per heavy atom. The Hall–Kier alpha value is -3.49. The van der Waals surface area contributed by atoms with Gasteiger partial charge >= 0.3 is 6.09 Å². The van der Waals surface area contributed by atoms with Gasteiger partial charge in [-0.2, -0.15) is 0 Å². The van der Waals surface area contributed by atoms with Crippen LogP contribution in [0, 0.1) is 0 Å². The number of rotatable bonds is 7. The Morgan fingerprint density at radius 1 is 0.946 bits per heavy atom. The number of methoxy groups -OCH3 is 4. The van der Waals surface area contributed by atoms with Crippen molar-refractivity contribution >= 4 is 27.6 Å². The number of carbonyl (C=O) groups excluding carboxylic acids is 1. The van der Waals surface area contributed by atoms with Gasteiger partial charge in [0, 0.05) is 11.0 Å². The molecular formula is C29H30BrNO6. The minimum atomic E-state index is -1.58. The average Bonchev–Trinajstić information content (AvgIpc) is 2.94. The van der Waals surface area contributed by atoms with Crippen molar-refractivity contribution in [3.63, 3.8) is 0 Å². The summed E-state index contributed by atoms with van der Waals surface area (Å²) in [7, 11) is 6.12. The zero-order valence-corrected chi connectivity index (χ0v) is 22.8. The molecule has 8 heteroatoms. The van der Waals surface area contributed by atoms with Crippen LogP contribution in [0.2, 0.25) is 0 Å². The number of ether oxygens (including phenoxy) is 4. The van der Waals surface area contributed by atoms with Gasteiger partial charge in [-0.1, -0.05) is 40.2 Å². The summed E-state index contributed by atoms with van der Waals surface area (Å²) in [5, 5.41) is 12.5. The maximum absolute atomic E-state index is 13.2. The maximum atomic E-state index is 13.2. The second-order valence-corrected chi connectivity index (χ2v) is 9.59. The van der Waals surface area contributed by atoms with E-state index in [1.165, 1.54) is 7.11 Å². The summed E-state index contributed by atoms with van der Waals surface area (Å²) in [5.41, 5.74) is 1.47. The minimum absolute atomic E-state index is 0.234. The number of halogens is 1. The standard InChI is InChI=1S/C29H30BrNO6/c1-34-23-9-5-7-19(13-23)21-17-29(33,22-8-6-10-24(16-22)35-2)27(31(18-21)28(32)37-4)15-20-14-25(36-3)11-12-26(20)30/h5-14,16-17,27,33H,15,18H2,1-4H3. The first-order valence-corrected chi connectivity index (χ1v) is 12.5. The predicted octanol–water partition coefficient (Wildman–Crippen LogP) is 5.44. The van der Waals surface area contributed by atoms with Gasteiger partial charge in [0.15, 0.2) is 0 Å². The summed E-state index contributed by atoms with van der Waals surface area (Å²) in [6.07, 6.45) is 1.61. The maximum Gasteiger partial charge on any atom is 0.410 e. The molecule has 0 radical (unpaired) electrons. The second-order valence-electron chi connectivity index (χ2n) is 8.73. The lowest BCUT2D eigenvalue weighted by Gasteiger charge is -2.45. The number of hydrogen-bond acceptors (Lipinski definition) is 6. The molecule has 2 atom stereocenters. The molecule has 0 saturated heterocycles. The molecule has 1 aliphatic heterocycles. The Morgan fingerprint density at radius 2 is 1.59 bits per heavy atom. The molecule has 1 heterocycles. The highest BCUT2D eigenvalue weighted by Gasteiger charge is 2.46. The van der Waals surface area contributed by atoms with Crippen molar-refractivity contribution in [1.29, 1.82) is 0 Å². The van der Waals surface area contributed by atoms with Crippen molar-refractivity contribution in [3.8, 4) is 17.2 Å². The van der Waals surface area contributed by atoms with Gasteiger partial charge in [0.05, 0.1) is 34.5 Å². The average molecular weight is 568 g/mol. The third kappa shape index (κ3) is 5.45. The van der Waals surface area contributed by atoms with Gasteiger partial charge in [-0.3, -0.25) is 4.90 Å². The highest BCUT2D eigenvalue weighted by Crippen LogP contribution is 2.42. The molecule has 3 aromatic rings. The van der Waals surface area contributed by atoms with Gasteiger partial charge in [-0.15, -0.1) is 0 Å². The highest BCUT2D eigenvalue weighted by molar-refractivity contribution is 9.10. The number of carbonyl (C=O) groups is 1. The van der Waals surface area contributed by atoms with Crippen LogP contribution < -0.4 is 14.2 Å². The third-order valence-electron chi connectivity index (χ3n) is 6.67. The van der Waals surface area contributed by atoms with E-state index in [4.69, 9.17) is 18.9 Å². The topological polar surface area (TPSA) is 77.5 Å². The van der Waals surface area contributed by atoms with Crippen molar-refractivity contribution in [2.45, 2.75) is 18.1 Å². The molecular weight excluding hydrogens is 538 g/mol. The molecule has 194 valence electrons. The summed E-state index contributed by atoms with van der Waals surface area (Å²) < 4.78 is 22.3. The molecule has 2 unspecified atom stereocenters. The molecule has 1 amide bonds. The number of nitrogens with zero attached hydrogens (tertiary/aromatic N) is 1. The smallest absolute Gasteiger partial charge is 0.410 e. The first kappa shape index (κ1) is 26.6. The van der Waals surface area contributed by atoms with E-state index in [9.17, 15) is 9.90 Å². The fourth-order valence-electron chi connectivity index (χ4n) is 4.70. The van der Waals surface area contributed by atoms with E-state index < -0.39 is 17.7 Å². The first-order chi connectivity index (χ1) is 17.8. The van der Waals surface area contributed by atoms with Crippen LogP contribution in [0.15, 0.2) is 77.3 Å². The molecule has 3 aromatic carbocycles. The summed E-state index contributed by atoms with van der Waals surface area (Å²) in [5.74, 6) is 1.95. The fourth-order valence-corrected chi connectivity index (χ4v) is 5.11. The van der Waals surface area contributed by atoms with Gasteiger partial charge < -0.3 is 24.1 Å². The van der Waals surface area contributed by atoms with Gasteiger partial charge in [-0.25, -0.2) is 4.79 Å². The van der Waals surface area contributed by atoms with Crippen LogP contribution in [0.4, 0.5) is 4.79 Å². The molecule has 4 rings (SSSR count). The van der Waals surface area contributed by atoms with E-state index in [2.05, 4.69) is 15.9 Å². The quantitative estimate of drug-likeness (QED) is 0.409. The Bertz CT molecular complexity index is 1310. The highest BCUT2D eigenvalue weighted by atomic mass is 79.9. The monoisotopic (exact) mass is 567 g/mol. The Kier molecular flexibility index (Phi) is 8.10. The van der Waals surface area contributed by atoms with Gasteiger partial charge in [0.25, 0.3) is 0 Å². The van der Waals surface area contributed by atoms with E-state index in [-0.39, 0.29) is 6.54 Å². The van der Waals surface area contributed by atoms with Crippen LogP contribution in [0.3, 0.4) is 0 Å². The lowest BCUT2D eigenvalue weighted by atomic mass is 9.77. The van der Waals surface area contributed by atoms with Gasteiger partial charge in [0.2, 0.25) is 0 Å². The van der Waals surface area contributed by atoms with Crippen molar-refractivity contribution in [1.82, 2.24) is 4.90 Å². The normalized spacial score (nSPS) is 19.1. The van der Waals surface area contributed by atoms with Crippen molar-refractivity contribution in [2.24, 2.45) is 0 Å². The zero-order chi connectivity index (χ0) is 26.6. The van der Waals surface area contributed by atoms with Crippen LogP contribution in [0.25, 0.3) is 5.57 Å². The van der Waals surface area contributed by atoms with Gasteiger partial charge in [-0.05, 0) is 77.2 Å². The van der Waals surface area contributed by atoms with Crippen molar-refractivity contribution in [2.75, 3.05) is 35.0 Å². The van der Waals surface area contributed by atoms with Crippen molar-refractivity contribution < 1.29 is 28.8 Å². The lowest BCUT2D eigenvalue weighted by Crippen LogP contribution is -2.56. The largest absolute Gasteiger partial charge is 0.497 e. The third-order valence-corrected chi connectivity index (χ3v) is 7.44. The predicted molar refractivity (Wildman–Crippen MR) is 145 cm³/mol. The van der Waals surface area contributed by atoms with Crippen LogP contribution in [0.5, 0.6) is 17.2 Å². The summed E-state index contributed by atoms with van der Waals surface area (Å²) in [6, 6.07) is 19.7. The number of benzene rings is 3. The second kappa shape index (κ2) is 11.3. The van der Waals surface area contributed by atoms with E-state index >= 15 is 0 Å². The van der Waals surface area contributed by atoms with Crippen LogP contribution >= 0.6 is 15.9 Å². The summed E-state index contributed by atoms with van der Waals surface area (Å²) >= 11 is 3.62. The molecule has 0 fully saturated rings. The molecule has 0 aliphatic carbocycles. The minimum Gasteiger partial charge on any atom is -0.497 e. The molecule has 1 N–H and O–H groups in total. The molecule has 7 nitrogen and oxygen atoms in total. The van der Waals surface area contributed by atoms with Crippen LogP contribution in [0.1, 0.15) is 16.7 Å². The van der Waals surface area contributed by atoms with Crippen LogP contribution in [-0.4, -0.2) is 57.1 Å². The van der Waals surface area contributed by atoms with E-state index in [0.717, 1.165) is 21.2 Å². The number of hydrogen-bond donors (Lipinski definition) is 1. The SMILES string of the molecule is COC(=O)N1CC(c2cccc(OC)c2)=CC(O)(c2cccc(OC)c2)C1Cc1cc(OC)ccc1Br. The zero-order valence-electron chi connectivity index (χ0n) is 21.2. The van der Waals surface area contributed by atoms with E-state index in [1.54, 1.807) is 32.3 Å². The Labute approximate surface area is 225 Å². The summed E-state index contributed by atoms with van der Waals surface area (Å²) in [6.45, 7) is 0.234. The molecule has 0 spiro atoms.